The van der Waals surface area contributed by atoms with Crippen LogP contribution in [0.1, 0.15) is 46.0 Å². The number of hydrogen-bond acceptors (Lipinski definition) is 4. The molecule has 20 heavy (non-hydrogen) atoms. The zero-order valence-corrected chi connectivity index (χ0v) is 13.2. The van der Waals surface area contributed by atoms with Crippen molar-refractivity contribution < 1.29 is 9.53 Å². The predicted molar refractivity (Wildman–Crippen MR) is 80.6 cm³/mol. The SMILES string of the molecule is COC(=O)CC1CC(NCCC(C)C)CN(C2CC2)C1. The number of esters is 1. The maximum Gasteiger partial charge on any atom is 0.305 e. The summed E-state index contributed by atoms with van der Waals surface area (Å²) >= 11 is 0. The van der Waals surface area contributed by atoms with E-state index in [9.17, 15) is 4.79 Å². The van der Waals surface area contributed by atoms with Gasteiger partial charge in [-0.05, 0) is 44.1 Å². The summed E-state index contributed by atoms with van der Waals surface area (Å²) in [5.74, 6) is 1.14. The predicted octanol–water partition coefficient (Wildman–Crippen LogP) is 2.04. The van der Waals surface area contributed by atoms with E-state index >= 15 is 0 Å². The number of rotatable bonds is 7. The molecular weight excluding hydrogens is 252 g/mol. The van der Waals surface area contributed by atoms with Gasteiger partial charge in [0.1, 0.15) is 0 Å². The molecule has 2 unspecified atom stereocenters. The molecule has 2 atom stereocenters. The fourth-order valence-electron chi connectivity index (χ4n) is 3.17. The molecule has 0 amide bonds. The molecule has 1 saturated carbocycles. The third-order valence-corrected chi connectivity index (χ3v) is 4.47. The van der Waals surface area contributed by atoms with Crippen molar-refractivity contribution >= 4 is 5.97 Å². The second-order valence-electron chi connectivity index (χ2n) is 6.90. The number of nitrogens with zero attached hydrogens (tertiary/aromatic N) is 1. The molecule has 4 nitrogen and oxygen atoms in total. The standard InChI is InChI=1S/C16H30N2O2/c1-12(2)6-7-17-14-8-13(9-16(19)20-3)10-18(11-14)15-4-5-15/h12-15,17H,4-11H2,1-3H3. The lowest BCUT2D eigenvalue weighted by atomic mass is 9.91. The number of likely N-dealkylation sites (tertiary alicyclic amines) is 1. The maximum absolute atomic E-state index is 11.5. The van der Waals surface area contributed by atoms with Gasteiger partial charge in [-0.2, -0.15) is 0 Å². The lowest BCUT2D eigenvalue weighted by Gasteiger charge is -2.38. The van der Waals surface area contributed by atoms with E-state index in [0.29, 0.717) is 18.4 Å². The Balaban J connectivity index is 1.82. The van der Waals surface area contributed by atoms with Crippen LogP contribution in [-0.2, 0) is 9.53 Å². The highest BCUT2D eigenvalue weighted by Crippen LogP contribution is 2.32. The number of hydrogen-bond donors (Lipinski definition) is 1. The second kappa shape index (κ2) is 7.41. The summed E-state index contributed by atoms with van der Waals surface area (Å²) in [5, 5.41) is 3.69. The number of nitrogens with one attached hydrogen (secondary N) is 1. The molecule has 0 spiro atoms. The minimum Gasteiger partial charge on any atom is -0.469 e. The van der Waals surface area contributed by atoms with Crippen LogP contribution in [-0.4, -0.2) is 49.7 Å². The smallest absolute Gasteiger partial charge is 0.305 e. The van der Waals surface area contributed by atoms with Gasteiger partial charge in [-0.25, -0.2) is 0 Å². The Hall–Kier alpha value is -0.610. The Morgan fingerprint density at radius 3 is 2.70 bits per heavy atom. The van der Waals surface area contributed by atoms with E-state index in [-0.39, 0.29) is 5.97 Å². The third kappa shape index (κ3) is 5.06. The Kier molecular flexibility index (Phi) is 5.85. The summed E-state index contributed by atoms with van der Waals surface area (Å²) in [6, 6.07) is 1.32. The summed E-state index contributed by atoms with van der Waals surface area (Å²) in [4.78, 5) is 14.1. The highest BCUT2D eigenvalue weighted by Gasteiger charge is 2.36. The van der Waals surface area contributed by atoms with Crippen LogP contribution >= 0.6 is 0 Å². The number of carbonyl (C=O) groups is 1. The van der Waals surface area contributed by atoms with Gasteiger partial charge in [0.2, 0.25) is 0 Å². The summed E-state index contributed by atoms with van der Waals surface area (Å²) in [7, 11) is 1.49. The molecule has 0 radical (unpaired) electrons. The highest BCUT2D eigenvalue weighted by molar-refractivity contribution is 5.69. The lowest BCUT2D eigenvalue weighted by Crippen LogP contribution is -2.50. The number of ether oxygens (including phenoxy) is 1. The van der Waals surface area contributed by atoms with Gasteiger partial charge in [0.25, 0.3) is 0 Å². The normalized spacial score (nSPS) is 27.8. The molecule has 0 aromatic carbocycles. The van der Waals surface area contributed by atoms with Gasteiger partial charge in [0.05, 0.1) is 7.11 Å². The minimum absolute atomic E-state index is 0.0615. The van der Waals surface area contributed by atoms with Crippen molar-refractivity contribution in [3.8, 4) is 0 Å². The van der Waals surface area contributed by atoms with Crippen molar-refractivity contribution in [3.63, 3.8) is 0 Å². The van der Waals surface area contributed by atoms with Crippen LogP contribution in [0.4, 0.5) is 0 Å². The van der Waals surface area contributed by atoms with Crippen LogP contribution in [0.15, 0.2) is 0 Å². The summed E-state index contributed by atoms with van der Waals surface area (Å²) in [6.07, 6.45) is 5.58. The van der Waals surface area contributed by atoms with E-state index in [1.807, 2.05) is 0 Å². The van der Waals surface area contributed by atoms with Gasteiger partial charge in [-0.15, -0.1) is 0 Å². The van der Waals surface area contributed by atoms with E-state index in [1.54, 1.807) is 0 Å². The second-order valence-corrected chi connectivity index (χ2v) is 6.90. The van der Waals surface area contributed by atoms with Crippen LogP contribution in [0.5, 0.6) is 0 Å². The number of piperidine rings is 1. The molecule has 1 aliphatic carbocycles. The Bertz CT molecular complexity index is 316. The molecule has 2 rings (SSSR count). The van der Waals surface area contributed by atoms with E-state index in [1.165, 1.54) is 26.4 Å². The monoisotopic (exact) mass is 282 g/mol. The van der Waals surface area contributed by atoms with Crippen molar-refractivity contribution in [1.29, 1.82) is 0 Å². The van der Waals surface area contributed by atoms with Crippen LogP contribution < -0.4 is 5.32 Å². The quantitative estimate of drug-likeness (QED) is 0.726. The van der Waals surface area contributed by atoms with Crippen LogP contribution in [0.3, 0.4) is 0 Å². The Labute approximate surface area is 123 Å². The van der Waals surface area contributed by atoms with Gasteiger partial charge >= 0.3 is 5.97 Å². The van der Waals surface area contributed by atoms with Gasteiger partial charge in [0, 0.05) is 31.6 Å². The zero-order chi connectivity index (χ0) is 14.5. The minimum atomic E-state index is -0.0615. The van der Waals surface area contributed by atoms with E-state index in [2.05, 4.69) is 24.1 Å². The van der Waals surface area contributed by atoms with E-state index in [4.69, 9.17) is 4.74 Å². The van der Waals surface area contributed by atoms with Crippen molar-refractivity contribution in [2.75, 3.05) is 26.7 Å². The van der Waals surface area contributed by atoms with Crippen molar-refractivity contribution in [2.45, 2.75) is 58.0 Å². The zero-order valence-electron chi connectivity index (χ0n) is 13.2. The molecule has 0 bridgehead atoms. The largest absolute Gasteiger partial charge is 0.469 e. The molecule has 0 aromatic rings. The molecule has 2 aliphatic rings. The number of carbonyl (C=O) groups excluding carboxylic acids is 1. The molecule has 0 aromatic heterocycles. The molecule has 1 saturated heterocycles. The van der Waals surface area contributed by atoms with Crippen LogP contribution in [0.25, 0.3) is 0 Å². The molecule has 1 heterocycles. The fraction of sp³-hybridized carbons (Fsp3) is 0.938. The summed E-state index contributed by atoms with van der Waals surface area (Å²) in [5.41, 5.74) is 0. The molecule has 116 valence electrons. The first-order valence-electron chi connectivity index (χ1n) is 8.12. The van der Waals surface area contributed by atoms with Crippen molar-refractivity contribution in [1.82, 2.24) is 10.2 Å². The van der Waals surface area contributed by atoms with Gasteiger partial charge < -0.3 is 10.1 Å². The summed E-state index contributed by atoms with van der Waals surface area (Å²) in [6.45, 7) is 7.84. The summed E-state index contributed by atoms with van der Waals surface area (Å²) < 4.78 is 4.83. The van der Waals surface area contributed by atoms with Gasteiger partial charge in [0.15, 0.2) is 0 Å². The molecule has 1 aliphatic heterocycles. The van der Waals surface area contributed by atoms with Crippen molar-refractivity contribution in [2.24, 2.45) is 11.8 Å². The average Bonchev–Trinajstić information content (AvgIpc) is 3.22. The molecule has 4 heteroatoms. The fourth-order valence-corrected chi connectivity index (χ4v) is 3.17. The first-order chi connectivity index (χ1) is 9.58. The Morgan fingerprint density at radius 2 is 2.10 bits per heavy atom. The van der Waals surface area contributed by atoms with E-state index < -0.39 is 0 Å². The van der Waals surface area contributed by atoms with Crippen molar-refractivity contribution in [3.05, 3.63) is 0 Å². The van der Waals surface area contributed by atoms with E-state index in [0.717, 1.165) is 38.0 Å². The highest BCUT2D eigenvalue weighted by atomic mass is 16.5. The van der Waals surface area contributed by atoms with Crippen LogP contribution in [0.2, 0.25) is 0 Å². The molecule has 2 fully saturated rings. The lowest BCUT2D eigenvalue weighted by molar-refractivity contribution is -0.142. The van der Waals surface area contributed by atoms with Crippen LogP contribution in [0, 0.1) is 11.8 Å². The first-order valence-corrected chi connectivity index (χ1v) is 8.12. The Morgan fingerprint density at radius 1 is 1.35 bits per heavy atom. The maximum atomic E-state index is 11.5. The van der Waals surface area contributed by atoms with Gasteiger partial charge in [-0.3, -0.25) is 9.69 Å². The number of methoxy groups -OCH3 is 1. The third-order valence-electron chi connectivity index (χ3n) is 4.47. The molecule has 1 N–H and O–H groups in total. The molecular formula is C16H30N2O2. The van der Waals surface area contributed by atoms with Gasteiger partial charge in [-0.1, -0.05) is 13.8 Å². The average molecular weight is 282 g/mol. The topological polar surface area (TPSA) is 41.6 Å². The first kappa shape index (κ1) is 15.8.